The summed E-state index contributed by atoms with van der Waals surface area (Å²) in [5, 5.41) is 0. The first-order valence-electron chi connectivity index (χ1n) is 9.05. The Balaban J connectivity index is 1.33. The lowest BCUT2D eigenvalue weighted by Crippen LogP contribution is -2.44. The van der Waals surface area contributed by atoms with E-state index in [9.17, 15) is 4.79 Å². The summed E-state index contributed by atoms with van der Waals surface area (Å²) in [5.41, 5.74) is 2.41. The van der Waals surface area contributed by atoms with Crippen molar-refractivity contribution >= 4 is 5.91 Å². The largest absolute Gasteiger partial charge is 0.339 e. The lowest BCUT2D eigenvalue weighted by Gasteiger charge is -2.39. The van der Waals surface area contributed by atoms with Gasteiger partial charge in [0.15, 0.2) is 0 Å². The SMILES string of the molecule is O=C(c1ccncc1)N1CCC2(CCN(Cc3cccnc3)C2)CC1. The van der Waals surface area contributed by atoms with Crippen LogP contribution in [-0.2, 0) is 6.54 Å². The van der Waals surface area contributed by atoms with Gasteiger partial charge in [-0.3, -0.25) is 19.7 Å². The number of nitrogens with zero attached hydrogens (tertiary/aromatic N) is 4. The van der Waals surface area contributed by atoms with Gasteiger partial charge in [-0.05, 0) is 55.0 Å². The number of carbonyl (C=O) groups excluding carboxylic acids is 1. The van der Waals surface area contributed by atoms with Gasteiger partial charge < -0.3 is 4.90 Å². The number of carbonyl (C=O) groups is 1. The Morgan fingerprint density at radius 3 is 2.48 bits per heavy atom. The fourth-order valence-electron chi connectivity index (χ4n) is 4.18. The van der Waals surface area contributed by atoms with Crippen LogP contribution in [0.2, 0.25) is 0 Å². The number of aromatic nitrogens is 2. The highest BCUT2D eigenvalue weighted by Gasteiger charge is 2.41. The second kappa shape index (κ2) is 6.92. The molecule has 4 heterocycles. The Bertz CT molecular complexity index is 711. The van der Waals surface area contributed by atoms with Crippen molar-refractivity contribution in [1.82, 2.24) is 19.8 Å². The molecule has 0 saturated carbocycles. The third-order valence-corrected chi connectivity index (χ3v) is 5.68. The molecule has 0 radical (unpaired) electrons. The zero-order valence-corrected chi connectivity index (χ0v) is 14.5. The summed E-state index contributed by atoms with van der Waals surface area (Å²) in [7, 11) is 0. The third kappa shape index (κ3) is 3.56. The van der Waals surface area contributed by atoms with E-state index in [0.717, 1.165) is 51.1 Å². The van der Waals surface area contributed by atoms with E-state index in [4.69, 9.17) is 0 Å². The number of piperidine rings is 1. The standard InChI is InChI=1S/C20H24N4O/c25-19(18-3-9-21-10-4-18)24-12-6-20(7-13-24)5-11-23(16-20)15-17-2-1-8-22-14-17/h1-4,8-10,14H,5-7,11-13,15-16H2. The molecule has 2 fully saturated rings. The van der Waals surface area contributed by atoms with Crippen LogP contribution in [0, 0.1) is 5.41 Å². The number of hydrogen-bond acceptors (Lipinski definition) is 4. The van der Waals surface area contributed by atoms with E-state index in [-0.39, 0.29) is 5.91 Å². The highest BCUT2D eigenvalue weighted by molar-refractivity contribution is 5.94. The second-order valence-electron chi connectivity index (χ2n) is 7.35. The summed E-state index contributed by atoms with van der Waals surface area (Å²) in [6.07, 6.45) is 10.6. The van der Waals surface area contributed by atoms with Crippen LogP contribution in [0.15, 0.2) is 49.1 Å². The Kier molecular flexibility index (Phi) is 4.49. The average molecular weight is 336 g/mol. The van der Waals surface area contributed by atoms with Crippen LogP contribution in [0.5, 0.6) is 0 Å². The summed E-state index contributed by atoms with van der Waals surface area (Å²) in [5.74, 6) is 0.141. The van der Waals surface area contributed by atoms with Gasteiger partial charge in [0.2, 0.25) is 0 Å². The van der Waals surface area contributed by atoms with Crippen LogP contribution in [0.4, 0.5) is 0 Å². The monoisotopic (exact) mass is 336 g/mol. The Labute approximate surface area is 148 Å². The van der Waals surface area contributed by atoms with E-state index >= 15 is 0 Å². The van der Waals surface area contributed by atoms with Crippen LogP contribution in [0.3, 0.4) is 0 Å². The molecule has 4 rings (SSSR count). The van der Waals surface area contributed by atoms with Gasteiger partial charge in [0.05, 0.1) is 0 Å². The van der Waals surface area contributed by atoms with Crippen molar-refractivity contribution in [3.63, 3.8) is 0 Å². The predicted molar refractivity (Wildman–Crippen MR) is 95.9 cm³/mol. The fraction of sp³-hybridized carbons (Fsp3) is 0.450. The summed E-state index contributed by atoms with van der Waals surface area (Å²) < 4.78 is 0. The molecule has 0 unspecified atom stereocenters. The summed E-state index contributed by atoms with van der Waals surface area (Å²) in [4.78, 5) is 25.3. The fourth-order valence-corrected chi connectivity index (χ4v) is 4.18. The lowest BCUT2D eigenvalue weighted by molar-refractivity contribution is 0.0587. The van der Waals surface area contributed by atoms with E-state index in [1.807, 2.05) is 23.4 Å². The van der Waals surface area contributed by atoms with Gasteiger partial charge in [-0.2, -0.15) is 0 Å². The van der Waals surface area contributed by atoms with E-state index in [0.29, 0.717) is 5.41 Å². The molecule has 2 aromatic heterocycles. The summed E-state index contributed by atoms with van der Waals surface area (Å²) in [6.45, 7) is 4.99. The molecule has 130 valence electrons. The molecule has 2 saturated heterocycles. The molecule has 1 amide bonds. The minimum Gasteiger partial charge on any atom is -0.339 e. The molecule has 25 heavy (non-hydrogen) atoms. The summed E-state index contributed by atoms with van der Waals surface area (Å²) >= 11 is 0. The van der Waals surface area contributed by atoms with Crippen molar-refractivity contribution < 1.29 is 4.79 Å². The Hall–Kier alpha value is -2.27. The minimum absolute atomic E-state index is 0.141. The van der Waals surface area contributed by atoms with Gasteiger partial charge in [-0.1, -0.05) is 6.07 Å². The number of rotatable bonds is 3. The zero-order chi connectivity index (χ0) is 17.1. The summed E-state index contributed by atoms with van der Waals surface area (Å²) in [6, 6.07) is 7.76. The van der Waals surface area contributed by atoms with Crippen molar-refractivity contribution in [2.75, 3.05) is 26.2 Å². The maximum absolute atomic E-state index is 12.6. The zero-order valence-electron chi connectivity index (χ0n) is 14.5. The first-order valence-corrected chi connectivity index (χ1v) is 9.05. The van der Waals surface area contributed by atoms with Crippen LogP contribution in [-0.4, -0.2) is 51.9 Å². The molecular formula is C20H24N4O. The van der Waals surface area contributed by atoms with Gasteiger partial charge >= 0.3 is 0 Å². The molecule has 0 N–H and O–H groups in total. The Morgan fingerprint density at radius 2 is 1.76 bits per heavy atom. The molecule has 2 aliphatic rings. The van der Waals surface area contributed by atoms with Gasteiger partial charge in [0.1, 0.15) is 0 Å². The van der Waals surface area contributed by atoms with Crippen molar-refractivity contribution in [3.05, 3.63) is 60.2 Å². The van der Waals surface area contributed by atoms with E-state index in [1.165, 1.54) is 12.0 Å². The van der Waals surface area contributed by atoms with Crippen molar-refractivity contribution in [2.24, 2.45) is 5.41 Å². The minimum atomic E-state index is 0.141. The third-order valence-electron chi connectivity index (χ3n) is 5.68. The first kappa shape index (κ1) is 16.2. The second-order valence-corrected chi connectivity index (χ2v) is 7.35. The van der Waals surface area contributed by atoms with Crippen molar-refractivity contribution in [3.8, 4) is 0 Å². The number of pyridine rings is 2. The van der Waals surface area contributed by atoms with Gasteiger partial charge in [-0.15, -0.1) is 0 Å². The first-order chi connectivity index (χ1) is 12.2. The molecule has 5 nitrogen and oxygen atoms in total. The van der Waals surface area contributed by atoms with Crippen LogP contribution >= 0.6 is 0 Å². The van der Waals surface area contributed by atoms with E-state index < -0.39 is 0 Å². The van der Waals surface area contributed by atoms with Crippen LogP contribution in [0.1, 0.15) is 35.2 Å². The van der Waals surface area contributed by atoms with Crippen LogP contribution in [0.25, 0.3) is 0 Å². The molecule has 0 aliphatic carbocycles. The van der Waals surface area contributed by atoms with Gasteiger partial charge in [0, 0.05) is 56.5 Å². The normalized spacial score (nSPS) is 20.1. The molecule has 5 heteroatoms. The predicted octanol–water partition coefficient (Wildman–Crippen LogP) is 2.60. The molecule has 0 aromatic carbocycles. The molecule has 1 spiro atoms. The highest BCUT2D eigenvalue weighted by Crippen LogP contribution is 2.41. The number of likely N-dealkylation sites (tertiary alicyclic amines) is 2. The average Bonchev–Trinajstić information content (AvgIpc) is 3.05. The van der Waals surface area contributed by atoms with E-state index in [2.05, 4.69) is 20.9 Å². The van der Waals surface area contributed by atoms with Crippen LogP contribution < -0.4 is 0 Å². The molecular weight excluding hydrogens is 312 g/mol. The molecule has 2 aliphatic heterocycles. The molecule has 0 atom stereocenters. The molecule has 2 aromatic rings. The van der Waals surface area contributed by atoms with Gasteiger partial charge in [0.25, 0.3) is 5.91 Å². The number of hydrogen-bond donors (Lipinski definition) is 0. The van der Waals surface area contributed by atoms with Crippen molar-refractivity contribution in [1.29, 1.82) is 0 Å². The van der Waals surface area contributed by atoms with E-state index in [1.54, 1.807) is 24.5 Å². The topological polar surface area (TPSA) is 49.3 Å². The number of amides is 1. The maximum Gasteiger partial charge on any atom is 0.253 e. The quantitative estimate of drug-likeness (QED) is 0.864. The maximum atomic E-state index is 12.6. The highest BCUT2D eigenvalue weighted by atomic mass is 16.2. The molecule has 0 bridgehead atoms. The van der Waals surface area contributed by atoms with Gasteiger partial charge in [-0.25, -0.2) is 0 Å². The smallest absolute Gasteiger partial charge is 0.253 e. The van der Waals surface area contributed by atoms with Crippen molar-refractivity contribution in [2.45, 2.75) is 25.8 Å². The Morgan fingerprint density at radius 1 is 1.00 bits per heavy atom. The lowest BCUT2D eigenvalue weighted by atomic mass is 9.77.